The number of benzene rings is 1. The van der Waals surface area contributed by atoms with Gasteiger partial charge in [0, 0.05) is 5.56 Å². The molecule has 0 aliphatic rings. The van der Waals surface area contributed by atoms with Gasteiger partial charge in [0.05, 0.1) is 18.4 Å². The first-order chi connectivity index (χ1) is 11.6. The van der Waals surface area contributed by atoms with Gasteiger partial charge < -0.3 is 9.84 Å². The van der Waals surface area contributed by atoms with Gasteiger partial charge in [0.2, 0.25) is 5.75 Å². The summed E-state index contributed by atoms with van der Waals surface area (Å²) in [6, 6.07) is 1.63. The summed E-state index contributed by atoms with van der Waals surface area (Å²) in [5, 5.41) is 13.8. The molecule has 5 nitrogen and oxygen atoms in total. The van der Waals surface area contributed by atoms with E-state index in [2.05, 4.69) is 10.1 Å². The van der Waals surface area contributed by atoms with Crippen molar-refractivity contribution in [2.24, 2.45) is 0 Å². The van der Waals surface area contributed by atoms with E-state index in [1.807, 2.05) is 0 Å². The van der Waals surface area contributed by atoms with Crippen LogP contribution in [0, 0.1) is 18.6 Å². The molecule has 2 aromatic heterocycles. The van der Waals surface area contributed by atoms with E-state index in [0.717, 1.165) is 6.07 Å². The lowest BCUT2D eigenvalue weighted by Crippen LogP contribution is -2.05. The smallest absolute Gasteiger partial charge is 0.416 e. The van der Waals surface area contributed by atoms with Crippen LogP contribution < -0.4 is 4.74 Å². The molecule has 0 radical (unpaired) electrons. The Morgan fingerprint density at radius 3 is 2.44 bits per heavy atom. The molecule has 3 aromatic rings. The molecule has 0 aliphatic carbocycles. The van der Waals surface area contributed by atoms with Crippen LogP contribution in [-0.4, -0.2) is 26.8 Å². The lowest BCUT2D eigenvalue weighted by Gasteiger charge is -2.08. The highest BCUT2D eigenvalue weighted by atomic mass is 19.4. The number of alkyl halides is 3. The molecule has 0 aliphatic heterocycles. The molecule has 3 rings (SSSR count). The summed E-state index contributed by atoms with van der Waals surface area (Å²) >= 11 is 0. The molecule has 0 spiro atoms. The summed E-state index contributed by atoms with van der Waals surface area (Å²) in [6.07, 6.45) is -4.73. The van der Waals surface area contributed by atoms with E-state index in [-0.39, 0.29) is 17.5 Å². The molecule has 1 N–H and O–H groups in total. The minimum atomic E-state index is -4.73. The fourth-order valence-electron chi connectivity index (χ4n) is 2.40. The van der Waals surface area contributed by atoms with E-state index in [1.54, 1.807) is 0 Å². The number of fused-ring (bicyclic) bond motifs is 1. The van der Waals surface area contributed by atoms with E-state index in [0.29, 0.717) is 10.6 Å². The minimum absolute atomic E-state index is 0.0607. The topological polar surface area (TPSA) is 59.7 Å². The molecule has 0 amide bonds. The Hall–Kier alpha value is -2.91. The number of aromatic nitrogens is 3. The molecule has 132 valence electrons. The summed E-state index contributed by atoms with van der Waals surface area (Å²) < 4.78 is 72.1. The SMILES string of the molecule is COc1c(C)nc2c(F)c(-c3ccc(C(F)(F)F)cc3F)nn2c1O. The first-order valence-electron chi connectivity index (χ1n) is 6.84. The number of hydrogen-bond acceptors (Lipinski definition) is 4. The van der Waals surface area contributed by atoms with Crippen LogP contribution in [-0.2, 0) is 6.18 Å². The van der Waals surface area contributed by atoms with E-state index in [1.165, 1.54) is 14.0 Å². The molecule has 1 aromatic carbocycles. The second kappa shape index (κ2) is 5.57. The summed E-state index contributed by atoms with van der Waals surface area (Å²) in [6.45, 7) is 1.45. The van der Waals surface area contributed by atoms with Crippen molar-refractivity contribution in [2.45, 2.75) is 13.1 Å². The van der Waals surface area contributed by atoms with Crippen molar-refractivity contribution in [3.63, 3.8) is 0 Å². The monoisotopic (exact) mass is 359 g/mol. The molecule has 0 atom stereocenters. The van der Waals surface area contributed by atoms with Crippen LogP contribution in [0.1, 0.15) is 11.3 Å². The molecule has 2 heterocycles. The Balaban J connectivity index is 2.24. The third kappa shape index (κ3) is 2.63. The van der Waals surface area contributed by atoms with Crippen LogP contribution >= 0.6 is 0 Å². The number of hydrogen-bond donors (Lipinski definition) is 1. The predicted octanol–water partition coefficient (Wildman–Crippen LogP) is 3.72. The van der Waals surface area contributed by atoms with Gasteiger partial charge in [-0.2, -0.15) is 22.8 Å². The summed E-state index contributed by atoms with van der Waals surface area (Å²) in [4.78, 5) is 3.88. The van der Waals surface area contributed by atoms with Crippen LogP contribution in [0.4, 0.5) is 22.0 Å². The maximum absolute atomic E-state index is 14.5. The van der Waals surface area contributed by atoms with Gasteiger partial charge in [-0.25, -0.2) is 13.8 Å². The van der Waals surface area contributed by atoms with Crippen LogP contribution in [0.15, 0.2) is 18.2 Å². The zero-order chi connectivity index (χ0) is 18.5. The number of ether oxygens (including phenoxy) is 1. The van der Waals surface area contributed by atoms with Gasteiger partial charge in [-0.15, -0.1) is 0 Å². The van der Waals surface area contributed by atoms with Crippen molar-refractivity contribution >= 4 is 5.65 Å². The molecule has 25 heavy (non-hydrogen) atoms. The maximum Gasteiger partial charge on any atom is 0.416 e. The molecule has 0 bridgehead atoms. The zero-order valence-corrected chi connectivity index (χ0v) is 12.8. The highest BCUT2D eigenvalue weighted by molar-refractivity contribution is 5.67. The molecule has 0 saturated heterocycles. The number of methoxy groups -OCH3 is 1. The standard InChI is InChI=1S/C15H10F5N3O2/c1-6-12(25-2)14(24)23-13(21-6)10(17)11(22-23)8-4-3-7(5-9(8)16)15(18,19)20/h3-5,24H,1-2H3. The molecule has 0 unspecified atom stereocenters. The van der Waals surface area contributed by atoms with E-state index in [9.17, 15) is 27.1 Å². The molecule has 0 saturated carbocycles. The van der Waals surface area contributed by atoms with Gasteiger partial charge in [0.25, 0.3) is 5.88 Å². The second-order valence-corrected chi connectivity index (χ2v) is 5.14. The maximum atomic E-state index is 14.5. The summed E-state index contributed by atoms with van der Waals surface area (Å²) in [5.41, 5.74) is -2.54. The molecular weight excluding hydrogens is 349 g/mol. The van der Waals surface area contributed by atoms with Crippen LogP contribution in [0.3, 0.4) is 0 Å². The van der Waals surface area contributed by atoms with E-state index in [4.69, 9.17) is 4.74 Å². The lowest BCUT2D eigenvalue weighted by atomic mass is 10.1. The average molecular weight is 359 g/mol. The lowest BCUT2D eigenvalue weighted by molar-refractivity contribution is -0.137. The van der Waals surface area contributed by atoms with Crippen molar-refractivity contribution in [2.75, 3.05) is 7.11 Å². The first kappa shape index (κ1) is 16.9. The Morgan fingerprint density at radius 2 is 1.88 bits per heavy atom. The third-order valence-corrected chi connectivity index (χ3v) is 3.57. The Kier molecular flexibility index (Phi) is 3.77. The minimum Gasteiger partial charge on any atom is -0.491 e. The summed E-state index contributed by atoms with van der Waals surface area (Å²) in [5.74, 6) is -3.02. The van der Waals surface area contributed by atoms with Gasteiger partial charge in [-0.1, -0.05) is 0 Å². The predicted molar refractivity (Wildman–Crippen MR) is 76.3 cm³/mol. The fraction of sp³-hybridized carbons (Fsp3) is 0.200. The molecule has 10 heteroatoms. The van der Waals surface area contributed by atoms with E-state index < -0.39 is 46.2 Å². The first-order valence-corrected chi connectivity index (χ1v) is 6.84. The summed E-state index contributed by atoms with van der Waals surface area (Å²) in [7, 11) is 1.26. The van der Waals surface area contributed by atoms with Crippen LogP contribution in [0.5, 0.6) is 11.6 Å². The van der Waals surface area contributed by atoms with Gasteiger partial charge in [0.15, 0.2) is 11.5 Å². The van der Waals surface area contributed by atoms with Gasteiger partial charge >= 0.3 is 6.18 Å². The number of rotatable bonds is 2. The van der Waals surface area contributed by atoms with Crippen molar-refractivity contribution in [1.82, 2.24) is 14.6 Å². The van der Waals surface area contributed by atoms with Crippen LogP contribution in [0.2, 0.25) is 0 Å². The van der Waals surface area contributed by atoms with E-state index >= 15 is 0 Å². The van der Waals surface area contributed by atoms with Crippen molar-refractivity contribution < 1.29 is 31.8 Å². The largest absolute Gasteiger partial charge is 0.491 e. The van der Waals surface area contributed by atoms with Gasteiger partial charge in [0.1, 0.15) is 11.5 Å². The quantitative estimate of drug-likeness (QED) is 0.709. The number of nitrogens with zero attached hydrogens (tertiary/aromatic N) is 3. The highest BCUT2D eigenvalue weighted by Gasteiger charge is 2.32. The number of aryl methyl sites for hydroxylation is 1. The normalized spacial score (nSPS) is 12.0. The van der Waals surface area contributed by atoms with Gasteiger partial charge in [-0.3, -0.25) is 0 Å². The highest BCUT2D eigenvalue weighted by Crippen LogP contribution is 2.36. The second-order valence-electron chi connectivity index (χ2n) is 5.14. The van der Waals surface area contributed by atoms with Crippen LogP contribution in [0.25, 0.3) is 16.9 Å². The molecule has 0 fully saturated rings. The fourth-order valence-corrected chi connectivity index (χ4v) is 2.40. The zero-order valence-electron chi connectivity index (χ0n) is 12.8. The van der Waals surface area contributed by atoms with Crippen molar-refractivity contribution in [3.8, 4) is 22.9 Å². The Labute approximate surface area is 137 Å². The Morgan fingerprint density at radius 1 is 1.20 bits per heavy atom. The van der Waals surface area contributed by atoms with Crippen molar-refractivity contribution in [1.29, 1.82) is 0 Å². The third-order valence-electron chi connectivity index (χ3n) is 3.57. The molecular formula is C15H10F5N3O2. The van der Waals surface area contributed by atoms with Crippen molar-refractivity contribution in [3.05, 3.63) is 41.1 Å². The van der Waals surface area contributed by atoms with Gasteiger partial charge in [-0.05, 0) is 25.1 Å². The average Bonchev–Trinajstić information content (AvgIpc) is 2.84. The Bertz CT molecular complexity index is 982. The number of aromatic hydroxyl groups is 1. The number of halogens is 5.